The lowest BCUT2D eigenvalue weighted by Gasteiger charge is -2.13. The first-order valence-corrected chi connectivity index (χ1v) is 8.20. The molecule has 2 rings (SSSR count). The lowest BCUT2D eigenvalue weighted by Crippen LogP contribution is -2.34. The predicted molar refractivity (Wildman–Crippen MR) is 115 cm³/mol. The van der Waals surface area contributed by atoms with E-state index in [0.717, 1.165) is 5.56 Å². The smallest absolute Gasteiger partial charge is 0.189 e. The van der Waals surface area contributed by atoms with Crippen molar-refractivity contribution in [3.63, 3.8) is 0 Å². The van der Waals surface area contributed by atoms with Crippen molar-refractivity contribution in [3.8, 4) is 11.5 Å². The summed E-state index contributed by atoms with van der Waals surface area (Å²) in [7, 11) is 3.12. The zero-order valence-corrected chi connectivity index (χ0v) is 18.0. The standard InChI is InChI=1S/C18H21ClFN3O3.HI/c1-25-16-6-3-11(7-17(16)26-2)9-22-18(21)23-10-15(24)12-4-5-13(19)14(20)8-12;/h3-8,15,24H,9-10H2,1-2H3,(H3,21,22,23);1H. The normalized spacial score (nSPS) is 12.1. The molecule has 6 nitrogen and oxygen atoms in total. The molecule has 0 saturated heterocycles. The molecular weight excluding hydrogens is 488 g/mol. The minimum absolute atomic E-state index is 0. The molecule has 0 amide bonds. The highest BCUT2D eigenvalue weighted by Gasteiger charge is 2.10. The van der Waals surface area contributed by atoms with Gasteiger partial charge in [0.25, 0.3) is 0 Å². The Kier molecular flexibility index (Phi) is 9.61. The van der Waals surface area contributed by atoms with Gasteiger partial charge in [-0.2, -0.15) is 0 Å². The van der Waals surface area contributed by atoms with E-state index in [0.29, 0.717) is 23.6 Å². The molecule has 2 aromatic carbocycles. The number of guanidine groups is 1. The van der Waals surface area contributed by atoms with Crippen LogP contribution in [0, 0.1) is 5.82 Å². The van der Waals surface area contributed by atoms with Crippen LogP contribution in [0.3, 0.4) is 0 Å². The molecule has 2 aromatic rings. The molecule has 148 valence electrons. The van der Waals surface area contributed by atoms with Crippen LogP contribution in [-0.2, 0) is 6.54 Å². The van der Waals surface area contributed by atoms with Crippen molar-refractivity contribution < 1.29 is 19.0 Å². The largest absolute Gasteiger partial charge is 0.493 e. The third-order valence-corrected chi connectivity index (χ3v) is 3.99. The highest BCUT2D eigenvalue weighted by molar-refractivity contribution is 14.0. The molecule has 0 spiro atoms. The molecule has 0 aliphatic rings. The van der Waals surface area contributed by atoms with Crippen molar-refractivity contribution in [2.45, 2.75) is 12.6 Å². The topological polar surface area (TPSA) is 89.1 Å². The molecule has 1 atom stereocenters. The summed E-state index contributed by atoms with van der Waals surface area (Å²) in [5.41, 5.74) is 7.08. The lowest BCUT2D eigenvalue weighted by atomic mass is 10.1. The van der Waals surface area contributed by atoms with Crippen molar-refractivity contribution in [1.29, 1.82) is 0 Å². The number of rotatable bonds is 7. The number of hydrogen-bond acceptors (Lipinski definition) is 4. The summed E-state index contributed by atoms with van der Waals surface area (Å²) in [6.45, 7) is 0.410. The van der Waals surface area contributed by atoms with E-state index in [9.17, 15) is 9.50 Å². The number of hydrogen-bond donors (Lipinski definition) is 3. The van der Waals surface area contributed by atoms with Gasteiger partial charge in [-0.3, -0.25) is 0 Å². The molecule has 9 heteroatoms. The summed E-state index contributed by atoms with van der Waals surface area (Å²) in [5.74, 6) is 0.808. The van der Waals surface area contributed by atoms with Crippen molar-refractivity contribution in [3.05, 3.63) is 58.4 Å². The van der Waals surface area contributed by atoms with Crippen LogP contribution in [0.1, 0.15) is 17.2 Å². The number of nitrogens with one attached hydrogen (secondary N) is 1. The number of ether oxygens (including phenoxy) is 2. The molecule has 0 bridgehead atoms. The highest BCUT2D eigenvalue weighted by Crippen LogP contribution is 2.27. The Hall–Kier alpha value is -1.78. The minimum Gasteiger partial charge on any atom is -0.493 e. The first kappa shape index (κ1) is 23.3. The van der Waals surface area contributed by atoms with Gasteiger partial charge in [0.15, 0.2) is 17.5 Å². The average Bonchev–Trinajstić information content (AvgIpc) is 2.66. The first-order chi connectivity index (χ1) is 12.4. The molecule has 1 unspecified atom stereocenters. The SMILES string of the molecule is COc1ccc(CN=C(N)NCC(O)c2ccc(Cl)c(F)c2)cc1OC.I. The molecule has 0 aliphatic heterocycles. The van der Waals surface area contributed by atoms with Gasteiger partial charge >= 0.3 is 0 Å². The van der Waals surface area contributed by atoms with Crippen LogP contribution < -0.4 is 20.5 Å². The maximum absolute atomic E-state index is 13.4. The van der Waals surface area contributed by atoms with E-state index >= 15 is 0 Å². The molecule has 0 fully saturated rings. The lowest BCUT2D eigenvalue weighted by molar-refractivity contribution is 0.180. The van der Waals surface area contributed by atoms with Crippen molar-refractivity contribution >= 4 is 41.5 Å². The van der Waals surface area contributed by atoms with Crippen LogP contribution in [-0.4, -0.2) is 31.8 Å². The maximum atomic E-state index is 13.4. The van der Waals surface area contributed by atoms with E-state index in [2.05, 4.69) is 10.3 Å². The van der Waals surface area contributed by atoms with Crippen LogP contribution in [0.15, 0.2) is 41.4 Å². The molecule has 0 saturated carbocycles. The van der Waals surface area contributed by atoms with Gasteiger partial charge in [-0.1, -0.05) is 23.7 Å². The summed E-state index contributed by atoms with van der Waals surface area (Å²) < 4.78 is 23.8. The van der Waals surface area contributed by atoms with Gasteiger partial charge in [0.05, 0.1) is 31.9 Å². The fraction of sp³-hybridized carbons (Fsp3) is 0.278. The summed E-state index contributed by atoms with van der Waals surface area (Å²) in [6, 6.07) is 9.57. The van der Waals surface area contributed by atoms with E-state index in [1.807, 2.05) is 6.07 Å². The second kappa shape index (κ2) is 11.2. The number of aliphatic hydroxyl groups is 1. The van der Waals surface area contributed by atoms with Gasteiger partial charge in [-0.05, 0) is 35.4 Å². The number of methoxy groups -OCH3 is 2. The van der Waals surface area contributed by atoms with Crippen LogP contribution in [0.25, 0.3) is 0 Å². The van der Waals surface area contributed by atoms with Gasteiger partial charge in [-0.15, -0.1) is 24.0 Å². The maximum Gasteiger partial charge on any atom is 0.189 e. The number of halogens is 3. The quantitative estimate of drug-likeness (QED) is 0.303. The van der Waals surface area contributed by atoms with Crippen molar-refractivity contribution in [2.24, 2.45) is 10.7 Å². The molecule has 4 N–H and O–H groups in total. The second-order valence-electron chi connectivity index (χ2n) is 5.46. The minimum atomic E-state index is -0.948. The van der Waals surface area contributed by atoms with Gasteiger partial charge in [0, 0.05) is 6.54 Å². The van der Waals surface area contributed by atoms with Crippen LogP contribution in [0.5, 0.6) is 11.5 Å². The Balaban J connectivity index is 0.00000364. The zero-order chi connectivity index (χ0) is 19.1. The van der Waals surface area contributed by atoms with Gasteiger partial charge in [0.2, 0.25) is 0 Å². The predicted octanol–water partition coefficient (Wildman–Crippen LogP) is 3.25. The van der Waals surface area contributed by atoms with Gasteiger partial charge in [-0.25, -0.2) is 9.38 Å². The Bertz CT molecular complexity index is 792. The molecule has 27 heavy (non-hydrogen) atoms. The summed E-state index contributed by atoms with van der Waals surface area (Å²) in [4.78, 5) is 4.20. The third kappa shape index (κ3) is 6.71. The molecule has 0 aliphatic carbocycles. The van der Waals surface area contributed by atoms with E-state index in [-0.39, 0.29) is 41.5 Å². The number of nitrogens with two attached hydrogens (primary N) is 1. The van der Waals surface area contributed by atoms with Gasteiger partial charge in [0.1, 0.15) is 5.82 Å². The molecule has 0 aromatic heterocycles. The Labute approximate surface area is 179 Å². The Morgan fingerprint density at radius 1 is 1.22 bits per heavy atom. The second-order valence-corrected chi connectivity index (χ2v) is 5.87. The Morgan fingerprint density at radius 2 is 1.93 bits per heavy atom. The van der Waals surface area contributed by atoms with Crippen molar-refractivity contribution in [2.75, 3.05) is 20.8 Å². The van der Waals surface area contributed by atoms with Crippen LogP contribution in [0.4, 0.5) is 4.39 Å². The molecule has 0 heterocycles. The monoisotopic (exact) mass is 509 g/mol. The fourth-order valence-corrected chi connectivity index (χ4v) is 2.37. The Morgan fingerprint density at radius 3 is 2.56 bits per heavy atom. The highest BCUT2D eigenvalue weighted by atomic mass is 127. The summed E-state index contributed by atoms with van der Waals surface area (Å²) >= 11 is 5.62. The van der Waals surface area contributed by atoms with Crippen LogP contribution in [0.2, 0.25) is 5.02 Å². The van der Waals surface area contributed by atoms with E-state index in [4.69, 9.17) is 26.8 Å². The third-order valence-electron chi connectivity index (χ3n) is 3.68. The summed E-state index contributed by atoms with van der Waals surface area (Å²) in [6.07, 6.45) is -0.948. The number of nitrogens with zero attached hydrogens (tertiary/aromatic N) is 1. The first-order valence-electron chi connectivity index (χ1n) is 7.82. The summed E-state index contributed by atoms with van der Waals surface area (Å²) in [5, 5.41) is 12.9. The number of aliphatic hydroxyl groups excluding tert-OH is 1. The number of aliphatic imine (C=N–C) groups is 1. The van der Waals surface area contributed by atoms with Gasteiger partial charge < -0.3 is 25.6 Å². The zero-order valence-electron chi connectivity index (χ0n) is 14.9. The molecule has 0 radical (unpaired) electrons. The van der Waals surface area contributed by atoms with E-state index in [1.165, 1.54) is 12.1 Å². The number of benzene rings is 2. The van der Waals surface area contributed by atoms with E-state index < -0.39 is 11.9 Å². The van der Waals surface area contributed by atoms with Crippen molar-refractivity contribution in [1.82, 2.24) is 5.32 Å². The van der Waals surface area contributed by atoms with E-state index in [1.54, 1.807) is 32.4 Å². The van der Waals surface area contributed by atoms with Crippen LogP contribution >= 0.6 is 35.6 Å². The average molecular weight is 510 g/mol. The molecular formula is C18H22ClFIN3O3. The fourth-order valence-electron chi connectivity index (χ4n) is 2.25.